The summed E-state index contributed by atoms with van der Waals surface area (Å²) in [6.45, 7) is 1.86. The molecule has 1 aromatic carbocycles. The zero-order valence-electron chi connectivity index (χ0n) is 10.6. The van der Waals surface area contributed by atoms with Crippen molar-refractivity contribution in [3.05, 3.63) is 51.3 Å². The van der Waals surface area contributed by atoms with Crippen LogP contribution in [0.2, 0.25) is 0 Å². The summed E-state index contributed by atoms with van der Waals surface area (Å²) in [6.07, 6.45) is 0.373. The fourth-order valence-corrected chi connectivity index (χ4v) is 2.52. The maximum atomic E-state index is 13.6. The number of benzene rings is 1. The first-order valence-electron chi connectivity index (χ1n) is 5.78. The monoisotopic (exact) mass is 329 g/mol. The minimum Gasteiger partial charge on any atom is -0.324 e. The van der Waals surface area contributed by atoms with Gasteiger partial charge in [-0.25, -0.2) is 8.78 Å². The normalized spacial score (nSPS) is 12.7. The molecule has 2 rings (SSSR count). The summed E-state index contributed by atoms with van der Waals surface area (Å²) in [5, 5.41) is 4.24. The minimum absolute atomic E-state index is 0.172. The highest BCUT2D eigenvalue weighted by molar-refractivity contribution is 9.10. The minimum atomic E-state index is -0.623. The van der Waals surface area contributed by atoms with Gasteiger partial charge in [-0.15, -0.1) is 0 Å². The summed E-state index contributed by atoms with van der Waals surface area (Å²) in [5.41, 5.74) is 7.84. The lowest BCUT2D eigenvalue weighted by Crippen LogP contribution is -2.17. The van der Waals surface area contributed by atoms with Crippen molar-refractivity contribution in [2.75, 3.05) is 0 Å². The molecule has 0 bridgehead atoms. The Morgan fingerprint density at radius 2 is 2.11 bits per heavy atom. The van der Waals surface area contributed by atoms with E-state index >= 15 is 0 Å². The Balaban J connectivity index is 2.30. The Kier molecular flexibility index (Phi) is 4.01. The summed E-state index contributed by atoms with van der Waals surface area (Å²) < 4.78 is 29.3. The van der Waals surface area contributed by atoms with Crippen LogP contribution in [0.3, 0.4) is 0 Å². The molecule has 1 atom stereocenters. The number of hydrogen-bond donors (Lipinski definition) is 1. The molecule has 6 heteroatoms. The summed E-state index contributed by atoms with van der Waals surface area (Å²) in [4.78, 5) is 0. The zero-order chi connectivity index (χ0) is 14.2. The third kappa shape index (κ3) is 2.84. The molecule has 1 heterocycles. The van der Waals surface area contributed by atoms with Crippen molar-refractivity contribution in [3.63, 3.8) is 0 Å². The standard InChI is InChI=1S/C13H14BrF2N3/c1-7-13(14)12(19(2)18-7)6-11(17)9-5-8(15)3-4-10(9)16/h3-5,11H,6,17H2,1-2H3. The number of aryl methyl sites for hydroxylation is 2. The van der Waals surface area contributed by atoms with Crippen LogP contribution in [0.25, 0.3) is 0 Å². The SMILES string of the molecule is Cc1nn(C)c(CC(N)c2cc(F)ccc2F)c1Br. The maximum absolute atomic E-state index is 13.6. The van der Waals surface area contributed by atoms with Gasteiger partial charge in [-0.3, -0.25) is 4.68 Å². The van der Waals surface area contributed by atoms with Gasteiger partial charge in [0.2, 0.25) is 0 Å². The van der Waals surface area contributed by atoms with Crippen molar-refractivity contribution in [3.8, 4) is 0 Å². The highest BCUT2D eigenvalue weighted by Crippen LogP contribution is 2.26. The molecule has 3 nitrogen and oxygen atoms in total. The van der Waals surface area contributed by atoms with E-state index in [-0.39, 0.29) is 5.56 Å². The Morgan fingerprint density at radius 1 is 1.42 bits per heavy atom. The lowest BCUT2D eigenvalue weighted by Gasteiger charge is -2.13. The second-order valence-corrected chi connectivity index (χ2v) is 5.24. The molecule has 0 aliphatic carbocycles. The van der Waals surface area contributed by atoms with Crippen LogP contribution in [-0.4, -0.2) is 9.78 Å². The van der Waals surface area contributed by atoms with Gasteiger partial charge >= 0.3 is 0 Å². The highest BCUT2D eigenvalue weighted by atomic mass is 79.9. The number of nitrogens with zero attached hydrogens (tertiary/aromatic N) is 2. The van der Waals surface area contributed by atoms with Gasteiger partial charge in [-0.05, 0) is 41.1 Å². The van der Waals surface area contributed by atoms with Gasteiger partial charge in [0.05, 0.1) is 15.9 Å². The number of aromatic nitrogens is 2. The van der Waals surface area contributed by atoms with Gasteiger partial charge in [-0.2, -0.15) is 5.10 Å². The van der Waals surface area contributed by atoms with E-state index in [1.807, 2.05) is 6.92 Å². The van der Waals surface area contributed by atoms with Gasteiger partial charge in [0, 0.05) is 25.1 Å². The average molecular weight is 330 g/mol. The number of nitrogens with two attached hydrogens (primary N) is 1. The quantitative estimate of drug-likeness (QED) is 0.940. The molecule has 0 aliphatic heterocycles. The molecule has 0 saturated carbocycles. The summed E-state index contributed by atoms with van der Waals surface area (Å²) in [5.74, 6) is -0.990. The van der Waals surface area contributed by atoms with Crippen molar-refractivity contribution < 1.29 is 8.78 Å². The molecule has 0 amide bonds. The van der Waals surface area contributed by atoms with Crippen LogP contribution in [0.5, 0.6) is 0 Å². The first kappa shape index (κ1) is 14.1. The summed E-state index contributed by atoms with van der Waals surface area (Å²) in [6, 6.07) is 2.68. The lowest BCUT2D eigenvalue weighted by molar-refractivity contribution is 0.552. The van der Waals surface area contributed by atoms with Crippen LogP contribution in [0.1, 0.15) is 23.0 Å². The predicted molar refractivity (Wildman–Crippen MR) is 72.6 cm³/mol. The van der Waals surface area contributed by atoms with Crippen molar-refractivity contribution in [2.24, 2.45) is 12.8 Å². The molecule has 0 spiro atoms. The van der Waals surface area contributed by atoms with E-state index in [2.05, 4.69) is 21.0 Å². The smallest absolute Gasteiger partial charge is 0.128 e. The molecular weight excluding hydrogens is 316 g/mol. The molecule has 102 valence electrons. The maximum Gasteiger partial charge on any atom is 0.128 e. The zero-order valence-corrected chi connectivity index (χ0v) is 12.2. The van der Waals surface area contributed by atoms with Crippen molar-refractivity contribution in [1.82, 2.24) is 9.78 Å². The molecule has 1 unspecified atom stereocenters. The van der Waals surface area contributed by atoms with E-state index in [0.29, 0.717) is 6.42 Å². The van der Waals surface area contributed by atoms with Crippen LogP contribution >= 0.6 is 15.9 Å². The summed E-state index contributed by atoms with van der Waals surface area (Å²) in [7, 11) is 1.79. The van der Waals surface area contributed by atoms with Crippen molar-refractivity contribution in [2.45, 2.75) is 19.4 Å². The van der Waals surface area contributed by atoms with Crippen molar-refractivity contribution >= 4 is 15.9 Å². The van der Waals surface area contributed by atoms with E-state index in [4.69, 9.17) is 5.73 Å². The number of hydrogen-bond acceptors (Lipinski definition) is 2. The fourth-order valence-electron chi connectivity index (χ4n) is 2.02. The molecular formula is C13H14BrF2N3. The van der Waals surface area contributed by atoms with Crippen LogP contribution in [0.4, 0.5) is 8.78 Å². The van der Waals surface area contributed by atoms with Crippen molar-refractivity contribution in [1.29, 1.82) is 0 Å². The first-order valence-corrected chi connectivity index (χ1v) is 6.58. The van der Waals surface area contributed by atoms with E-state index < -0.39 is 17.7 Å². The lowest BCUT2D eigenvalue weighted by atomic mass is 10.0. The fraction of sp³-hybridized carbons (Fsp3) is 0.308. The van der Waals surface area contributed by atoms with E-state index in [9.17, 15) is 8.78 Å². The number of halogens is 3. The Hall–Kier alpha value is -1.27. The number of rotatable bonds is 3. The molecule has 2 aromatic rings. The van der Waals surface area contributed by atoms with E-state index in [1.54, 1.807) is 11.7 Å². The first-order chi connectivity index (χ1) is 8.90. The summed E-state index contributed by atoms with van der Waals surface area (Å²) >= 11 is 3.43. The van der Waals surface area contributed by atoms with Crippen LogP contribution in [-0.2, 0) is 13.5 Å². The second kappa shape index (κ2) is 5.38. The third-order valence-corrected chi connectivity index (χ3v) is 4.06. The third-order valence-electron chi connectivity index (χ3n) is 3.03. The molecule has 19 heavy (non-hydrogen) atoms. The van der Waals surface area contributed by atoms with E-state index in [0.717, 1.165) is 34.1 Å². The Bertz CT molecular complexity index is 610. The molecule has 2 N–H and O–H groups in total. The Morgan fingerprint density at radius 3 is 2.68 bits per heavy atom. The Labute approximate surface area is 118 Å². The van der Waals surface area contributed by atoms with Gasteiger partial charge in [0.25, 0.3) is 0 Å². The highest BCUT2D eigenvalue weighted by Gasteiger charge is 2.18. The predicted octanol–water partition coefficient (Wildman–Crippen LogP) is 3.01. The molecule has 0 radical (unpaired) electrons. The van der Waals surface area contributed by atoms with Gasteiger partial charge in [-0.1, -0.05) is 0 Å². The van der Waals surface area contributed by atoms with Crippen LogP contribution in [0, 0.1) is 18.6 Å². The molecule has 1 aromatic heterocycles. The topological polar surface area (TPSA) is 43.8 Å². The van der Waals surface area contributed by atoms with Crippen LogP contribution < -0.4 is 5.73 Å². The van der Waals surface area contributed by atoms with Gasteiger partial charge in [0.15, 0.2) is 0 Å². The second-order valence-electron chi connectivity index (χ2n) is 4.45. The molecule has 0 aliphatic rings. The molecule has 0 saturated heterocycles. The van der Waals surface area contributed by atoms with Crippen LogP contribution in [0.15, 0.2) is 22.7 Å². The molecule has 0 fully saturated rings. The average Bonchev–Trinajstić information content (AvgIpc) is 2.59. The van der Waals surface area contributed by atoms with Gasteiger partial charge < -0.3 is 5.73 Å². The van der Waals surface area contributed by atoms with E-state index in [1.165, 1.54) is 0 Å². The largest absolute Gasteiger partial charge is 0.324 e. The van der Waals surface area contributed by atoms with Gasteiger partial charge in [0.1, 0.15) is 11.6 Å².